The predicted octanol–water partition coefficient (Wildman–Crippen LogP) is 1.98. The van der Waals surface area contributed by atoms with Crippen molar-refractivity contribution in [1.82, 2.24) is 10.2 Å². The summed E-state index contributed by atoms with van der Waals surface area (Å²) in [7, 11) is 0. The second-order valence-corrected chi connectivity index (χ2v) is 3.63. The number of hydrogen-bond donors (Lipinski definition) is 1. The molecular weight excluding hydrogens is 164 g/mol. The van der Waals surface area contributed by atoms with Gasteiger partial charge >= 0.3 is 6.03 Å². The number of nitrogens with zero attached hydrogens (tertiary/aromatic N) is 1. The van der Waals surface area contributed by atoms with Gasteiger partial charge in [0.25, 0.3) is 0 Å². The number of amides is 2. The van der Waals surface area contributed by atoms with Gasteiger partial charge in [0, 0.05) is 19.6 Å². The van der Waals surface area contributed by atoms with E-state index < -0.39 is 0 Å². The second-order valence-electron chi connectivity index (χ2n) is 3.63. The van der Waals surface area contributed by atoms with Gasteiger partial charge in [-0.15, -0.1) is 0 Å². The van der Waals surface area contributed by atoms with Crippen molar-refractivity contribution in [3.63, 3.8) is 0 Å². The van der Waals surface area contributed by atoms with Crippen molar-refractivity contribution >= 4 is 6.03 Å². The van der Waals surface area contributed by atoms with Crippen LogP contribution < -0.4 is 5.32 Å². The minimum Gasteiger partial charge on any atom is -0.338 e. The molecule has 76 valence electrons. The Bertz CT molecular complexity index is 151. The van der Waals surface area contributed by atoms with Crippen LogP contribution in [0.25, 0.3) is 0 Å². The fraction of sp³-hybridized carbons (Fsp3) is 0.900. The van der Waals surface area contributed by atoms with Crippen LogP contribution in [0, 0.1) is 0 Å². The fourth-order valence-corrected chi connectivity index (χ4v) is 1.62. The molecule has 2 amide bonds. The molecule has 0 atom stereocenters. The Morgan fingerprint density at radius 1 is 1.23 bits per heavy atom. The molecule has 1 heterocycles. The molecule has 1 aliphatic heterocycles. The quantitative estimate of drug-likeness (QED) is 0.699. The lowest BCUT2D eigenvalue weighted by Crippen LogP contribution is -2.40. The first-order chi connectivity index (χ1) is 6.34. The zero-order valence-corrected chi connectivity index (χ0v) is 8.51. The van der Waals surface area contributed by atoms with Crippen molar-refractivity contribution in [1.29, 1.82) is 0 Å². The summed E-state index contributed by atoms with van der Waals surface area (Å²) in [5.41, 5.74) is 0. The van der Waals surface area contributed by atoms with Crippen LogP contribution in [0.4, 0.5) is 4.79 Å². The molecule has 1 N–H and O–H groups in total. The average molecular weight is 184 g/mol. The van der Waals surface area contributed by atoms with E-state index in [2.05, 4.69) is 12.2 Å². The summed E-state index contributed by atoms with van der Waals surface area (Å²) in [6.07, 6.45) is 5.90. The molecule has 13 heavy (non-hydrogen) atoms. The van der Waals surface area contributed by atoms with E-state index in [0.717, 1.165) is 26.1 Å². The minimum absolute atomic E-state index is 0.128. The van der Waals surface area contributed by atoms with E-state index in [1.165, 1.54) is 25.7 Å². The number of hydrogen-bond acceptors (Lipinski definition) is 1. The monoisotopic (exact) mass is 184 g/mol. The lowest BCUT2D eigenvalue weighted by atomic mass is 10.2. The third kappa shape index (κ3) is 3.66. The highest BCUT2D eigenvalue weighted by Crippen LogP contribution is 2.09. The molecule has 3 nitrogen and oxygen atoms in total. The zero-order chi connectivity index (χ0) is 9.52. The Morgan fingerprint density at radius 2 is 1.85 bits per heavy atom. The summed E-state index contributed by atoms with van der Waals surface area (Å²) < 4.78 is 0. The van der Waals surface area contributed by atoms with E-state index in [1.807, 2.05) is 4.90 Å². The SMILES string of the molecule is CCCNC(=O)N1CCCCCC1. The summed E-state index contributed by atoms with van der Waals surface area (Å²) in [5.74, 6) is 0. The van der Waals surface area contributed by atoms with E-state index in [9.17, 15) is 4.79 Å². The van der Waals surface area contributed by atoms with E-state index >= 15 is 0 Å². The number of nitrogens with one attached hydrogen (secondary N) is 1. The molecule has 0 unspecified atom stereocenters. The molecule has 0 aromatic rings. The van der Waals surface area contributed by atoms with Crippen molar-refractivity contribution in [3.8, 4) is 0 Å². The van der Waals surface area contributed by atoms with Crippen LogP contribution in [0.1, 0.15) is 39.0 Å². The number of carbonyl (C=O) groups is 1. The number of carbonyl (C=O) groups excluding carboxylic acids is 1. The molecule has 0 spiro atoms. The normalized spacial score (nSPS) is 18.1. The van der Waals surface area contributed by atoms with Gasteiger partial charge in [-0.1, -0.05) is 19.8 Å². The predicted molar refractivity (Wildman–Crippen MR) is 53.7 cm³/mol. The Labute approximate surface area is 80.5 Å². The Morgan fingerprint density at radius 3 is 2.38 bits per heavy atom. The maximum Gasteiger partial charge on any atom is 0.317 e. The lowest BCUT2D eigenvalue weighted by molar-refractivity contribution is 0.200. The van der Waals surface area contributed by atoms with Gasteiger partial charge in [0.05, 0.1) is 0 Å². The van der Waals surface area contributed by atoms with Crippen molar-refractivity contribution < 1.29 is 4.79 Å². The van der Waals surface area contributed by atoms with Crippen LogP contribution in [0.3, 0.4) is 0 Å². The maximum atomic E-state index is 11.5. The van der Waals surface area contributed by atoms with Crippen LogP contribution in [-0.2, 0) is 0 Å². The van der Waals surface area contributed by atoms with Crippen molar-refractivity contribution in [3.05, 3.63) is 0 Å². The van der Waals surface area contributed by atoms with Crippen LogP contribution in [0.5, 0.6) is 0 Å². The third-order valence-electron chi connectivity index (χ3n) is 2.42. The summed E-state index contributed by atoms with van der Waals surface area (Å²) in [6, 6.07) is 0.128. The number of rotatable bonds is 2. The van der Waals surface area contributed by atoms with Crippen molar-refractivity contribution in [2.24, 2.45) is 0 Å². The van der Waals surface area contributed by atoms with Gasteiger partial charge in [0.15, 0.2) is 0 Å². The molecule has 0 aliphatic carbocycles. The fourth-order valence-electron chi connectivity index (χ4n) is 1.62. The van der Waals surface area contributed by atoms with Gasteiger partial charge in [-0.05, 0) is 19.3 Å². The largest absolute Gasteiger partial charge is 0.338 e. The molecule has 0 aromatic carbocycles. The van der Waals surface area contributed by atoms with Gasteiger partial charge in [-0.2, -0.15) is 0 Å². The Balaban J connectivity index is 2.26. The second kappa shape index (κ2) is 5.84. The standard InChI is InChI=1S/C10H20N2O/c1-2-7-11-10(13)12-8-5-3-4-6-9-12/h2-9H2,1H3,(H,11,13). The first-order valence-corrected chi connectivity index (χ1v) is 5.37. The van der Waals surface area contributed by atoms with E-state index in [-0.39, 0.29) is 6.03 Å². The lowest BCUT2D eigenvalue weighted by Gasteiger charge is -2.20. The van der Waals surface area contributed by atoms with Crippen LogP contribution in [-0.4, -0.2) is 30.6 Å². The molecule has 1 saturated heterocycles. The van der Waals surface area contributed by atoms with Gasteiger partial charge in [-0.25, -0.2) is 4.79 Å². The summed E-state index contributed by atoms with van der Waals surface area (Å²) >= 11 is 0. The maximum absolute atomic E-state index is 11.5. The highest BCUT2D eigenvalue weighted by Gasteiger charge is 2.13. The molecule has 1 rings (SSSR count). The number of urea groups is 1. The summed E-state index contributed by atoms with van der Waals surface area (Å²) in [6.45, 7) is 4.75. The van der Waals surface area contributed by atoms with Crippen LogP contribution >= 0.6 is 0 Å². The van der Waals surface area contributed by atoms with E-state index in [0.29, 0.717) is 0 Å². The first-order valence-electron chi connectivity index (χ1n) is 5.37. The smallest absolute Gasteiger partial charge is 0.317 e. The van der Waals surface area contributed by atoms with E-state index in [1.54, 1.807) is 0 Å². The van der Waals surface area contributed by atoms with Crippen molar-refractivity contribution in [2.45, 2.75) is 39.0 Å². The Kier molecular flexibility index (Phi) is 4.65. The third-order valence-corrected chi connectivity index (χ3v) is 2.42. The number of likely N-dealkylation sites (tertiary alicyclic amines) is 1. The highest BCUT2D eigenvalue weighted by molar-refractivity contribution is 5.74. The highest BCUT2D eigenvalue weighted by atomic mass is 16.2. The topological polar surface area (TPSA) is 32.3 Å². The summed E-state index contributed by atoms with van der Waals surface area (Å²) in [5, 5.41) is 2.92. The molecule has 0 radical (unpaired) electrons. The zero-order valence-electron chi connectivity index (χ0n) is 8.51. The molecule has 1 aliphatic rings. The van der Waals surface area contributed by atoms with Gasteiger partial charge in [0.1, 0.15) is 0 Å². The molecule has 0 bridgehead atoms. The van der Waals surface area contributed by atoms with Crippen molar-refractivity contribution in [2.75, 3.05) is 19.6 Å². The van der Waals surface area contributed by atoms with Gasteiger partial charge in [-0.3, -0.25) is 0 Å². The summed E-state index contributed by atoms with van der Waals surface area (Å²) in [4.78, 5) is 13.5. The molecule has 0 aromatic heterocycles. The molecular formula is C10H20N2O. The minimum atomic E-state index is 0.128. The van der Waals surface area contributed by atoms with Gasteiger partial charge < -0.3 is 10.2 Å². The van der Waals surface area contributed by atoms with Crippen LogP contribution in [0.15, 0.2) is 0 Å². The Hall–Kier alpha value is -0.730. The van der Waals surface area contributed by atoms with E-state index in [4.69, 9.17) is 0 Å². The van der Waals surface area contributed by atoms with Crippen LogP contribution in [0.2, 0.25) is 0 Å². The first kappa shape index (κ1) is 10.4. The van der Waals surface area contributed by atoms with Gasteiger partial charge in [0.2, 0.25) is 0 Å². The molecule has 0 saturated carbocycles. The molecule has 1 fully saturated rings. The average Bonchev–Trinajstić information content (AvgIpc) is 2.42. The molecule has 3 heteroatoms.